The van der Waals surface area contributed by atoms with Gasteiger partial charge in [0.25, 0.3) is 15.9 Å². The SMILES string of the molecule is COc1cccc(C2(C)NC(=O)N(NC(=O)NS(=O)(=O)c3ccc(C)cc3)C2=O)c1. The van der Waals surface area contributed by atoms with Gasteiger partial charge in [-0.05, 0) is 43.7 Å². The number of urea groups is 2. The van der Waals surface area contributed by atoms with Crippen molar-refractivity contribution >= 4 is 28.0 Å². The number of methoxy groups -OCH3 is 1. The molecule has 1 saturated heterocycles. The molecule has 1 unspecified atom stereocenters. The zero-order chi connectivity index (χ0) is 22.1. The van der Waals surface area contributed by atoms with Crippen molar-refractivity contribution in [1.29, 1.82) is 0 Å². The van der Waals surface area contributed by atoms with Gasteiger partial charge in [0.15, 0.2) is 0 Å². The average molecular weight is 432 g/mol. The molecule has 11 heteroatoms. The minimum Gasteiger partial charge on any atom is -0.497 e. The molecule has 0 aromatic heterocycles. The Labute approximate surface area is 173 Å². The number of amides is 5. The standard InChI is InChI=1S/C19H20N4O6S/c1-12-7-9-15(10-8-12)30(27,28)22-17(25)21-23-16(24)19(2,20-18(23)26)13-5-4-6-14(11-13)29-3/h4-11H,1-3H3,(H,20,26)(H2,21,22,25). The Morgan fingerprint density at radius 2 is 1.80 bits per heavy atom. The van der Waals surface area contributed by atoms with E-state index >= 15 is 0 Å². The van der Waals surface area contributed by atoms with Crippen molar-refractivity contribution < 1.29 is 27.5 Å². The number of sulfonamides is 1. The second-order valence-electron chi connectivity index (χ2n) is 6.79. The number of hydrazine groups is 1. The van der Waals surface area contributed by atoms with Crippen LogP contribution in [-0.2, 0) is 20.4 Å². The first kappa shape index (κ1) is 21.1. The van der Waals surface area contributed by atoms with Crippen LogP contribution in [-0.4, -0.2) is 38.5 Å². The molecule has 3 rings (SSSR count). The van der Waals surface area contributed by atoms with Crippen molar-refractivity contribution in [3.63, 3.8) is 0 Å². The summed E-state index contributed by atoms with van der Waals surface area (Å²) in [7, 11) is -2.73. The third-order valence-corrected chi connectivity index (χ3v) is 5.96. The number of aryl methyl sites for hydroxylation is 1. The van der Waals surface area contributed by atoms with E-state index in [4.69, 9.17) is 4.74 Å². The Balaban J connectivity index is 1.76. The molecule has 2 aromatic rings. The monoisotopic (exact) mass is 432 g/mol. The van der Waals surface area contributed by atoms with Crippen molar-refractivity contribution in [3.8, 4) is 5.75 Å². The van der Waals surface area contributed by atoms with Gasteiger partial charge in [0.1, 0.15) is 11.3 Å². The van der Waals surface area contributed by atoms with Crippen LogP contribution in [0.15, 0.2) is 53.4 Å². The molecule has 3 N–H and O–H groups in total. The van der Waals surface area contributed by atoms with Crippen molar-refractivity contribution in [2.24, 2.45) is 0 Å². The topological polar surface area (TPSA) is 134 Å². The smallest absolute Gasteiger partial charge is 0.348 e. The zero-order valence-electron chi connectivity index (χ0n) is 16.4. The van der Waals surface area contributed by atoms with E-state index in [9.17, 15) is 22.8 Å². The number of nitrogens with one attached hydrogen (secondary N) is 3. The Hall–Kier alpha value is -3.60. The van der Waals surface area contributed by atoms with Crippen molar-refractivity contribution in [1.82, 2.24) is 20.5 Å². The summed E-state index contributed by atoms with van der Waals surface area (Å²) in [5.41, 5.74) is 1.77. The minimum atomic E-state index is -4.19. The molecule has 1 aliphatic heterocycles. The maximum absolute atomic E-state index is 12.9. The van der Waals surface area contributed by atoms with Crippen LogP contribution in [0.25, 0.3) is 0 Å². The fourth-order valence-corrected chi connectivity index (χ4v) is 3.80. The number of imide groups is 1. The highest BCUT2D eigenvalue weighted by Gasteiger charge is 2.50. The predicted molar refractivity (Wildman–Crippen MR) is 106 cm³/mol. The van der Waals surface area contributed by atoms with Crippen molar-refractivity contribution in [2.75, 3.05) is 7.11 Å². The van der Waals surface area contributed by atoms with Crippen LogP contribution in [0.4, 0.5) is 9.59 Å². The van der Waals surface area contributed by atoms with Gasteiger partial charge < -0.3 is 10.1 Å². The highest BCUT2D eigenvalue weighted by molar-refractivity contribution is 7.90. The van der Waals surface area contributed by atoms with Crippen LogP contribution in [0.3, 0.4) is 0 Å². The van der Waals surface area contributed by atoms with Gasteiger partial charge in [-0.1, -0.05) is 29.8 Å². The fraction of sp³-hybridized carbons (Fsp3) is 0.211. The molecule has 1 fully saturated rings. The molecule has 30 heavy (non-hydrogen) atoms. The first-order chi connectivity index (χ1) is 14.1. The van der Waals surface area contributed by atoms with E-state index in [0.717, 1.165) is 5.56 Å². The summed E-state index contributed by atoms with van der Waals surface area (Å²) in [6.45, 7) is 3.25. The predicted octanol–water partition coefficient (Wildman–Crippen LogP) is 1.37. The molecule has 1 aliphatic rings. The first-order valence-electron chi connectivity index (χ1n) is 8.78. The van der Waals surface area contributed by atoms with E-state index in [0.29, 0.717) is 16.3 Å². The van der Waals surface area contributed by atoms with Gasteiger partial charge in [-0.25, -0.2) is 28.2 Å². The van der Waals surface area contributed by atoms with Gasteiger partial charge in [0, 0.05) is 0 Å². The molecule has 0 aliphatic carbocycles. The van der Waals surface area contributed by atoms with Crippen LogP contribution in [0.2, 0.25) is 0 Å². The maximum Gasteiger partial charge on any atom is 0.348 e. The molecular formula is C19H20N4O6S. The Morgan fingerprint density at radius 3 is 2.43 bits per heavy atom. The second kappa shape index (κ2) is 7.67. The lowest BCUT2D eigenvalue weighted by Crippen LogP contribution is -2.52. The van der Waals surface area contributed by atoms with Gasteiger partial charge in [-0.15, -0.1) is 0 Å². The lowest BCUT2D eigenvalue weighted by molar-refractivity contribution is -0.132. The molecule has 0 spiro atoms. The van der Waals surface area contributed by atoms with Gasteiger partial charge in [-0.3, -0.25) is 4.79 Å². The van der Waals surface area contributed by atoms with Crippen LogP contribution in [0, 0.1) is 6.92 Å². The van der Waals surface area contributed by atoms with Crippen molar-refractivity contribution in [2.45, 2.75) is 24.3 Å². The van der Waals surface area contributed by atoms with Crippen LogP contribution in [0.5, 0.6) is 5.75 Å². The number of rotatable bonds is 5. The van der Waals surface area contributed by atoms with E-state index in [1.54, 1.807) is 48.0 Å². The van der Waals surface area contributed by atoms with Crippen LogP contribution < -0.4 is 20.2 Å². The summed E-state index contributed by atoms with van der Waals surface area (Å²) in [6, 6.07) is 10.2. The van der Waals surface area contributed by atoms with Crippen LogP contribution >= 0.6 is 0 Å². The lowest BCUT2D eigenvalue weighted by Gasteiger charge is -2.22. The number of carbonyl (C=O) groups excluding carboxylic acids is 3. The number of hydrogen-bond donors (Lipinski definition) is 3. The first-order valence-corrected chi connectivity index (χ1v) is 10.3. The summed E-state index contributed by atoms with van der Waals surface area (Å²) in [5.74, 6) is -0.312. The highest BCUT2D eigenvalue weighted by Crippen LogP contribution is 2.30. The van der Waals surface area contributed by atoms with E-state index in [1.165, 1.54) is 26.2 Å². The van der Waals surface area contributed by atoms with Gasteiger partial charge in [-0.2, -0.15) is 5.01 Å². The van der Waals surface area contributed by atoms with E-state index in [2.05, 4.69) is 5.32 Å². The molecule has 158 valence electrons. The molecule has 0 bridgehead atoms. The van der Waals surface area contributed by atoms with Crippen molar-refractivity contribution in [3.05, 3.63) is 59.7 Å². The van der Waals surface area contributed by atoms with E-state index < -0.39 is 33.5 Å². The highest BCUT2D eigenvalue weighted by atomic mass is 32.2. The quantitative estimate of drug-likeness (QED) is 0.611. The maximum atomic E-state index is 12.9. The summed E-state index contributed by atoms with van der Waals surface area (Å²) < 4.78 is 31.5. The van der Waals surface area contributed by atoms with Gasteiger partial charge in [0.05, 0.1) is 12.0 Å². The van der Waals surface area contributed by atoms with Crippen LogP contribution in [0.1, 0.15) is 18.1 Å². The summed E-state index contributed by atoms with van der Waals surface area (Å²) in [5, 5.41) is 2.92. The molecular weight excluding hydrogens is 412 g/mol. The Morgan fingerprint density at radius 1 is 1.13 bits per heavy atom. The molecule has 10 nitrogen and oxygen atoms in total. The average Bonchev–Trinajstić information content (AvgIpc) is 2.92. The second-order valence-corrected chi connectivity index (χ2v) is 8.47. The van der Waals surface area contributed by atoms with Gasteiger partial charge >= 0.3 is 12.1 Å². The van der Waals surface area contributed by atoms with E-state index in [-0.39, 0.29) is 4.90 Å². The third kappa shape index (κ3) is 3.92. The third-order valence-electron chi connectivity index (χ3n) is 4.61. The number of carbonyl (C=O) groups is 3. The Kier molecular flexibility index (Phi) is 5.40. The summed E-state index contributed by atoms with van der Waals surface area (Å²) in [4.78, 5) is 37.2. The number of ether oxygens (including phenoxy) is 1. The summed E-state index contributed by atoms with van der Waals surface area (Å²) >= 11 is 0. The summed E-state index contributed by atoms with van der Waals surface area (Å²) in [6.07, 6.45) is 0. The molecule has 5 amide bonds. The molecule has 2 aromatic carbocycles. The minimum absolute atomic E-state index is 0.137. The number of benzene rings is 2. The fourth-order valence-electron chi connectivity index (χ4n) is 2.89. The Bertz CT molecular complexity index is 1120. The molecule has 1 atom stereocenters. The number of hydrogen-bond acceptors (Lipinski definition) is 6. The van der Waals surface area contributed by atoms with Gasteiger partial charge in [0.2, 0.25) is 0 Å². The number of nitrogens with zero attached hydrogens (tertiary/aromatic N) is 1. The normalized spacial score (nSPS) is 18.7. The largest absolute Gasteiger partial charge is 0.497 e. The molecule has 0 saturated carbocycles. The van der Waals surface area contributed by atoms with E-state index in [1.807, 2.05) is 5.43 Å². The molecule has 1 heterocycles. The lowest BCUT2D eigenvalue weighted by atomic mass is 9.92. The molecule has 0 radical (unpaired) electrons. The zero-order valence-corrected chi connectivity index (χ0v) is 17.2.